The van der Waals surface area contributed by atoms with Gasteiger partial charge in [-0.2, -0.15) is 5.10 Å². The van der Waals surface area contributed by atoms with Gasteiger partial charge in [0.25, 0.3) is 0 Å². The van der Waals surface area contributed by atoms with E-state index in [9.17, 15) is 4.79 Å². The summed E-state index contributed by atoms with van der Waals surface area (Å²) in [5, 5.41) is 7.25. The van der Waals surface area contributed by atoms with E-state index in [2.05, 4.69) is 10.4 Å². The van der Waals surface area contributed by atoms with Crippen molar-refractivity contribution in [1.82, 2.24) is 9.78 Å². The van der Waals surface area contributed by atoms with E-state index < -0.39 is 0 Å². The molecule has 0 unspecified atom stereocenters. The zero-order valence-electron chi connectivity index (χ0n) is 13.1. The first-order chi connectivity index (χ1) is 10.7. The molecule has 22 heavy (non-hydrogen) atoms. The van der Waals surface area contributed by atoms with Gasteiger partial charge in [-0.3, -0.25) is 4.79 Å². The molecule has 1 aromatic carbocycles. The van der Waals surface area contributed by atoms with Crippen LogP contribution in [0, 0.1) is 6.92 Å². The fourth-order valence-corrected chi connectivity index (χ4v) is 2.38. The summed E-state index contributed by atoms with van der Waals surface area (Å²) in [6, 6.07) is 9.79. The number of hydrogen-bond acceptors (Lipinski definition) is 3. The van der Waals surface area contributed by atoms with E-state index in [1.54, 1.807) is 10.9 Å². The van der Waals surface area contributed by atoms with Gasteiger partial charge in [0.2, 0.25) is 5.91 Å². The van der Waals surface area contributed by atoms with Crippen LogP contribution in [-0.2, 0) is 4.79 Å². The van der Waals surface area contributed by atoms with E-state index in [1.807, 2.05) is 37.3 Å². The first-order valence-corrected chi connectivity index (χ1v) is 7.82. The van der Waals surface area contributed by atoms with Gasteiger partial charge in [-0.1, -0.05) is 31.0 Å². The third-order valence-electron chi connectivity index (χ3n) is 3.61. The number of anilines is 1. The monoisotopic (exact) mass is 300 g/mol. The van der Waals surface area contributed by atoms with Gasteiger partial charge in [0.1, 0.15) is 5.82 Å². The largest absolute Gasteiger partial charge is 0.330 e. The Balaban J connectivity index is 1.93. The highest BCUT2D eigenvalue weighted by molar-refractivity contribution is 5.90. The Bertz CT molecular complexity index is 606. The van der Waals surface area contributed by atoms with Gasteiger partial charge in [-0.05, 0) is 37.9 Å². The van der Waals surface area contributed by atoms with Crippen LogP contribution in [0.5, 0.6) is 0 Å². The minimum absolute atomic E-state index is 0.0306. The molecule has 2 rings (SSSR count). The Kier molecular flexibility index (Phi) is 6.15. The van der Waals surface area contributed by atoms with Crippen LogP contribution in [0.2, 0.25) is 0 Å². The normalized spacial score (nSPS) is 10.6. The maximum Gasteiger partial charge on any atom is 0.225 e. The van der Waals surface area contributed by atoms with E-state index in [-0.39, 0.29) is 5.91 Å². The zero-order valence-corrected chi connectivity index (χ0v) is 13.1. The second-order valence-electron chi connectivity index (χ2n) is 5.42. The second kappa shape index (κ2) is 8.34. The Hall–Kier alpha value is -2.14. The number of carbonyl (C=O) groups is 1. The molecule has 0 saturated carbocycles. The number of amides is 1. The number of aromatic nitrogens is 2. The summed E-state index contributed by atoms with van der Waals surface area (Å²) in [6.45, 7) is 2.75. The number of rotatable bonds is 8. The number of hydrogen-bond donors (Lipinski definition) is 2. The number of nitrogens with zero attached hydrogens (tertiary/aromatic N) is 2. The summed E-state index contributed by atoms with van der Waals surface area (Å²) in [7, 11) is 0. The molecule has 0 bridgehead atoms. The molecule has 0 fully saturated rings. The highest BCUT2D eigenvalue weighted by atomic mass is 16.1. The minimum atomic E-state index is 0.0306. The zero-order chi connectivity index (χ0) is 15.8. The van der Waals surface area contributed by atoms with Gasteiger partial charge in [-0.25, -0.2) is 4.68 Å². The molecule has 5 nitrogen and oxygen atoms in total. The summed E-state index contributed by atoms with van der Waals surface area (Å²) in [5.74, 6) is 0.740. The summed E-state index contributed by atoms with van der Waals surface area (Å²) in [6.07, 6.45) is 6.28. The Morgan fingerprint density at radius 3 is 2.73 bits per heavy atom. The standard InChI is InChI=1S/C17H24N4O/c1-14-8-5-6-9-15(14)21-16(11-13-19-21)20-17(22)10-4-2-3-7-12-18/h5-6,8-9,11,13H,2-4,7,10,12,18H2,1H3,(H,20,22). The molecule has 0 aliphatic carbocycles. The Morgan fingerprint density at radius 2 is 1.95 bits per heavy atom. The van der Waals surface area contributed by atoms with Crippen molar-refractivity contribution < 1.29 is 4.79 Å². The van der Waals surface area contributed by atoms with Crippen LogP contribution in [0.1, 0.15) is 37.7 Å². The molecule has 1 amide bonds. The maximum absolute atomic E-state index is 12.0. The molecule has 0 radical (unpaired) electrons. The van der Waals surface area contributed by atoms with Gasteiger partial charge in [0.05, 0.1) is 11.9 Å². The van der Waals surface area contributed by atoms with Gasteiger partial charge in [0, 0.05) is 12.5 Å². The lowest BCUT2D eigenvalue weighted by Gasteiger charge is -2.11. The van der Waals surface area contributed by atoms with Gasteiger partial charge >= 0.3 is 0 Å². The van der Waals surface area contributed by atoms with E-state index in [4.69, 9.17) is 5.73 Å². The lowest BCUT2D eigenvalue weighted by molar-refractivity contribution is -0.116. The molecule has 1 aromatic heterocycles. The number of benzene rings is 1. The molecular formula is C17H24N4O. The van der Waals surface area contributed by atoms with Crippen molar-refractivity contribution in [2.45, 2.75) is 39.0 Å². The Labute approximate surface area is 131 Å². The van der Waals surface area contributed by atoms with Gasteiger partial charge < -0.3 is 11.1 Å². The van der Waals surface area contributed by atoms with E-state index in [1.165, 1.54) is 0 Å². The predicted molar refractivity (Wildman–Crippen MR) is 89.1 cm³/mol. The smallest absolute Gasteiger partial charge is 0.225 e. The van der Waals surface area contributed by atoms with Crippen molar-refractivity contribution >= 4 is 11.7 Å². The number of nitrogens with one attached hydrogen (secondary N) is 1. The molecule has 1 heterocycles. The molecular weight excluding hydrogens is 276 g/mol. The molecule has 0 spiro atoms. The van der Waals surface area contributed by atoms with Crippen molar-refractivity contribution in [3.63, 3.8) is 0 Å². The SMILES string of the molecule is Cc1ccccc1-n1nccc1NC(=O)CCCCCCN. The first-order valence-electron chi connectivity index (χ1n) is 7.82. The van der Waals surface area contributed by atoms with Crippen LogP contribution in [0.15, 0.2) is 36.5 Å². The van der Waals surface area contributed by atoms with E-state index in [0.29, 0.717) is 12.2 Å². The lowest BCUT2D eigenvalue weighted by atomic mass is 10.1. The highest BCUT2D eigenvalue weighted by Crippen LogP contribution is 2.18. The quantitative estimate of drug-likeness (QED) is 0.736. The molecule has 0 saturated heterocycles. The van der Waals surface area contributed by atoms with Crippen LogP contribution in [0.3, 0.4) is 0 Å². The number of para-hydroxylation sites is 1. The van der Waals surface area contributed by atoms with Gasteiger partial charge in [-0.15, -0.1) is 0 Å². The highest BCUT2D eigenvalue weighted by Gasteiger charge is 2.09. The summed E-state index contributed by atoms with van der Waals surface area (Å²) in [4.78, 5) is 12.0. The third-order valence-corrected chi connectivity index (χ3v) is 3.61. The number of unbranched alkanes of at least 4 members (excludes halogenated alkanes) is 3. The summed E-state index contributed by atoms with van der Waals surface area (Å²) in [5.41, 5.74) is 7.55. The molecule has 118 valence electrons. The topological polar surface area (TPSA) is 72.9 Å². The summed E-state index contributed by atoms with van der Waals surface area (Å²) < 4.78 is 1.77. The lowest BCUT2D eigenvalue weighted by Crippen LogP contribution is -2.15. The van der Waals surface area contributed by atoms with Crippen LogP contribution < -0.4 is 11.1 Å². The number of nitrogens with two attached hydrogens (primary N) is 1. The Morgan fingerprint density at radius 1 is 1.18 bits per heavy atom. The van der Waals surface area contributed by atoms with Crippen molar-refractivity contribution in [2.75, 3.05) is 11.9 Å². The van der Waals surface area contributed by atoms with E-state index >= 15 is 0 Å². The summed E-state index contributed by atoms with van der Waals surface area (Å²) >= 11 is 0. The maximum atomic E-state index is 12.0. The van der Waals surface area contributed by atoms with Crippen LogP contribution in [0.25, 0.3) is 5.69 Å². The fourth-order valence-electron chi connectivity index (χ4n) is 2.38. The second-order valence-corrected chi connectivity index (χ2v) is 5.42. The number of aryl methyl sites for hydroxylation is 1. The van der Waals surface area contributed by atoms with Crippen LogP contribution >= 0.6 is 0 Å². The molecule has 2 aromatic rings. The minimum Gasteiger partial charge on any atom is -0.330 e. The van der Waals surface area contributed by atoms with Crippen molar-refractivity contribution in [3.05, 3.63) is 42.1 Å². The van der Waals surface area contributed by atoms with E-state index in [0.717, 1.165) is 43.5 Å². The average Bonchev–Trinajstić information content (AvgIpc) is 2.95. The van der Waals surface area contributed by atoms with Crippen molar-refractivity contribution in [1.29, 1.82) is 0 Å². The molecule has 0 aliphatic heterocycles. The predicted octanol–water partition coefficient (Wildman–Crippen LogP) is 3.03. The third kappa shape index (κ3) is 4.43. The molecule has 5 heteroatoms. The average molecular weight is 300 g/mol. The first kappa shape index (κ1) is 16.2. The van der Waals surface area contributed by atoms with Crippen molar-refractivity contribution in [2.24, 2.45) is 5.73 Å². The van der Waals surface area contributed by atoms with Crippen LogP contribution in [0.4, 0.5) is 5.82 Å². The molecule has 0 atom stereocenters. The molecule has 0 aliphatic rings. The van der Waals surface area contributed by atoms with Crippen LogP contribution in [-0.4, -0.2) is 22.2 Å². The number of carbonyl (C=O) groups excluding carboxylic acids is 1. The molecule has 3 N–H and O–H groups in total. The fraction of sp³-hybridized carbons (Fsp3) is 0.412. The van der Waals surface area contributed by atoms with Gasteiger partial charge in [0.15, 0.2) is 0 Å². The van der Waals surface area contributed by atoms with Crippen molar-refractivity contribution in [3.8, 4) is 5.69 Å².